The molecule has 0 atom stereocenters. The van der Waals surface area contributed by atoms with Crippen molar-refractivity contribution in [2.75, 3.05) is 18.5 Å². The van der Waals surface area contributed by atoms with Crippen molar-refractivity contribution in [2.24, 2.45) is 0 Å². The number of nitriles is 1. The van der Waals surface area contributed by atoms with Gasteiger partial charge in [0.05, 0.1) is 23.2 Å². The topological polar surface area (TPSA) is 77.2 Å². The number of aryl methyl sites for hydroxylation is 1. The monoisotopic (exact) mass is 269 g/mol. The Bertz CT molecular complexity index is 704. The van der Waals surface area contributed by atoms with Gasteiger partial charge in [-0.15, -0.1) is 0 Å². The van der Waals surface area contributed by atoms with Crippen molar-refractivity contribution in [1.29, 1.82) is 5.26 Å². The summed E-state index contributed by atoms with van der Waals surface area (Å²) >= 11 is 0. The smallest absolute Gasteiger partial charge is 0.305 e. The molecule has 0 spiro atoms. The van der Waals surface area contributed by atoms with Crippen LogP contribution in [-0.4, -0.2) is 29.7 Å². The van der Waals surface area contributed by atoms with Crippen molar-refractivity contribution < 1.29 is 9.90 Å². The molecular formula is C15H15N3O2. The van der Waals surface area contributed by atoms with Crippen LogP contribution in [0.15, 0.2) is 24.4 Å². The van der Waals surface area contributed by atoms with E-state index in [4.69, 9.17) is 5.11 Å². The third kappa shape index (κ3) is 2.69. The molecule has 0 radical (unpaired) electrons. The molecule has 0 aliphatic rings. The molecule has 0 aliphatic heterocycles. The van der Waals surface area contributed by atoms with Crippen LogP contribution in [-0.2, 0) is 4.79 Å². The highest BCUT2D eigenvalue weighted by molar-refractivity contribution is 5.94. The second kappa shape index (κ2) is 5.57. The second-order valence-electron chi connectivity index (χ2n) is 4.72. The van der Waals surface area contributed by atoms with Crippen molar-refractivity contribution >= 4 is 22.6 Å². The molecule has 0 saturated heterocycles. The highest BCUT2D eigenvalue weighted by atomic mass is 16.4. The predicted octanol–water partition coefficient (Wildman–Crippen LogP) is 2.33. The number of hydrogen-bond donors (Lipinski definition) is 1. The summed E-state index contributed by atoms with van der Waals surface area (Å²) in [5, 5.41) is 18.9. The molecule has 5 heteroatoms. The minimum absolute atomic E-state index is 0.0248. The van der Waals surface area contributed by atoms with Gasteiger partial charge in [-0.1, -0.05) is 11.6 Å². The number of hydrogen-bond acceptors (Lipinski definition) is 4. The van der Waals surface area contributed by atoms with Gasteiger partial charge in [-0.05, 0) is 19.1 Å². The fourth-order valence-corrected chi connectivity index (χ4v) is 2.16. The molecule has 2 rings (SSSR count). The van der Waals surface area contributed by atoms with E-state index in [1.54, 1.807) is 11.9 Å². The second-order valence-corrected chi connectivity index (χ2v) is 4.72. The van der Waals surface area contributed by atoms with Crippen molar-refractivity contribution in [1.82, 2.24) is 4.98 Å². The molecule has 1 aromatic heterocycles. The zero-order valence-corrected chi connectivity index (χ0v) is 11.4. The number of pyridine rings is 1. The molecule has 5 nitrogen and oxygen atoms in total. The minimum atomic E-state index is -0.857. The summed E-state index contributed by atoms with van der Waals surface area (Å²) < 4.78 is 0. The highest BCUT2D eigenvalue weighted by Gasteiger charge is 2.14. The maximum atomic E-state index is 10.7. The largest absolute Gasteiger partial charge is 0.481 e. The first-order chi connectivity index (χ1) is 9.52. The molecule has 0 bridgehead atoms. The van der Waals surface area contributed by atoms with Crippen molar-refractivity contribution in [3.05, 3.63) is 35.5 Å². The van der Waals surface area contributed by atoms with Gasteiger partial charge in [0.2, 0.25) is 0 Å². The average Bonchev–Trinajstić information content (AvgIpc) is 2.43. The molecule has 1 heterocycles. The quantitative estimate of drug-likeness (QED) is 0.921. The van der Waals surface area contributed by atoms with Gasteiger partial charge in [-0.25, -0.2) is 0 Å². The van der Waals surface area contributed by atoms with E-state index in [-0.39, 0.29) is 6.42 Å². The fraction of sp³-hybridized carbons (Fsp3) is 0.267. The van der Waals surface area contributed by atoms with E-state index in [1.807, 2.05) is 25.1 Å². The maximum Gasteiger partial charge on any atom is 0.305 e. The standard InChI is InChI=1S/C15H15N3O2/c1-10-3-4-13-12(7-10)15(11(8-16)9-17-13)18(2)6-5-14(19)20/h3-4,7,9H,5-6H2,1-2H3,(H,19,20). The van der Waals surface area contributed by atoms with Gasteiger partial charge >= 0.3 is 5.97 Å². The molecule has 0 unspecified atom stereocenters. The number of carboxylic acids is 1. The number of fused-ring (bicyclic) bond motifs is 1. The van der Waals surface area contributed by atoms with Crippen LogP contribution in [0.1, 0.15) is 17.5 Å². The lowest BCUT2D eigenvalue weighted by molar-refractivity contribution is -0.136. The Kier molecular flexibility index (Phi) is 3.85. The van der Waals surface area contributed by atoms with E-state index in [0.29, 0.717) is 12.1 Å². The number of carbonyl (C=O) groups is 1. The van der Waals surface area contributed by atoms with Gasteiger partial charge in [-0.3, -0.25) is 9.78 Å². The van der Waals surface area contributed by atoms with Gasteiger partial charge in [-0.2, -0.15) is 5.26 Å². The maximum absolute atomic E-state index is 10.7. The Morgan fingerprint density at radius 1 is 1.50 bits per heavy atom. The Morgan fingerprint density at radius 3 is 2.90 bits per heavy atom. The average molecular weight is 269 g/mol. The molecular weight excluding hydrogens is 254 g/mol. The first-order valence-electron chi connectivity index (χ1n) is 6.25. The Hall–Kier alpha value is -2.61. The summed E-state index contributed by atoms with van der Waals surface area (Å²) in [6, 6.07) is 7.96. The molecule has 2 aromatic rings. The minimum Gasteiger partial charge on any atom is -0.481 e. The summed E-state index contributed by atoms with van der Waals surface area (Å²) in [6.07, 6.45) is 1.56. The molecule has 0 aliphatic carbocycles. The molecule has 0 fully saturated rings. The van der Waals surface area contributed by atoms with E-state index >= 15 is 0 Å². The van der Waals surface area contributed by atoms with E-state index in [1.165, 1.54) is 6.20 Å². The SMILES string of the molecule is Cc1ccc2ncc(C#N)c(N(C)CCC(=O)O)c2c1. The first-order valence-corrected chi connectivity index (χ1v) is 6.25. The van der Waals surface area contributed by atoms with Crippen molar-refractivity contribution in [3.63, 3.8) is 0 Å². The molecule has 0 saturated carbocycles. The van der Waals surface area contributed by atoms with Gasteiger partial charge in [0, 0.05) is 25.2 Å². The Morgan fingerprint density at radius 2 is 2.25 bits per heavy atom. The van der Waals surface area contributed by atoms with Crippen molar-refractivity contribution in [2.45, 2.75) is 13.3 Å². The van der Waals surface area contributed by atoms with E-state index < -0.39 is 5.97 Å². The number of aliphatic carboxylic acids is 1. The lowest BCUT2D eigenvalue weighted by Gasteiger charge is -2.21. The van der Waals surface area contributed by atoms with Gasteiger partial charge < -0.3 is 10.0 Å². The van der Waals surface area contributed by atoms with Gasteiger partial charge in [0.25, 0.3) is 0 Å². The number of anilines is 1. The van der Waals surface area contributed by atoms with Crippen LogP contribution >= 0.6 is 0 Å². The zero-order chi connectivity index (χ0) is 14.7. The van der Waals surface area contributed by atoms with Gasteiger partial charge in [0.15, 0.2) is 0 Å². The summed E-state index contributed by atoms with van der Waals surface area (Å²) in [4.78, 5) is 16.8. The summed E-state index contributed by atoms with van der Waals surface area (Å²) in [5.41, 5.74) is 3.06. The van der Waals surface area contributed by atoms with Crippen LogP contribution in [0.2, 0.25) is 0 Å². The fourth-order valence-electron chi connectivity index (χ4n) is 2.16. The number of benzene rings is 1. The summed E-state index contributed by atoms with van der Waals surface area (Å²) in [7, 11) is 1.79. The number of aromatic nitrogens is 1. The van der Waals surface area contributed by atoms with Crippen LogP contribution in [0, 0.1) is 18.3 Å². The zero-order valence-electron chi connectivity index (χ0n) is 11.4. The van der Waals surface area contributed by atoms with Crippen LogP contribution in [0.4, 0.5) is 5.69 Å². The van der Waals surface area contributed by atoms with Crippen LogP contribution in [0.25, 0.3) is 10.9 Å². The highest BCUT2D eigenvalue weighted by Crippen LogP contribution is 2.29. The Labute approximate surface area is 117 Å². The number of carboxylic acid groups (broad SMARTS) is 1. The molecule has 20 heavy (non-hydrogen) atoms. The van der Waals surface area contributed by atoms with E-state index in [2.05, 4.69) is 11.1 Å². The lowest BCUT2D eigenvalue weighted by atomic mass is 10.1. The van der Waals surface area contributed by atoms with Crippen LogP contribution < -0.4 is 4.90 Å². The van der Waals surface area contributed by atoms with Crippen LogP contribution in [0.3, 0.4) is 0 Å². The molecule has 1 aromatic carbocycles. The predicted molar refractivity (Wildman–Crippen MR) is 76.7 cm³/mol. The third-order valence-corrected chi connectivity index (χ3v) is 3.16. The molecule has 1 N–H and O–H groups in total. The van der Waals surface area contributed by atoms with E-state index in [0.717, 1.165) is 22.2 Å². The number of nitrogens with zero attached hydrogens (tertiary/aromatic N) is 3. The Balaban J connectivity index is 2.56. The lowest BCUT2D eigenvalue weighted by Crippen LogP contribution is -2.22. The van der Waals surface area contributed by atoms with Crippen molar-refractivity contribution in [3.8, 4) is 6.07 Å². The normalized spacial score (nSPS) is 10.2. The first kappa shape index (κ1) is 13.8. The number of rotatable bonds is 4. The van der Waals surface area contributed by atoms with Gasteiger partial charge in [0.1, 0.15) is 6.07 Å². The summed E-state index contributed by atoms with van der Waals surface area (Å²) in [5.74, 6) is -0.857. The molecule has 0 amide bonds. The van der Waals surface area contributed by atoms with E-state index in [9.17, 15) is 10.1 Å². The third-order valence-electron chi connectivity index (χ3n) is 3.16. The van der Waals surface area contributed by atoms with Crippen LogP contribution in [0.5, 0.6) is 0 Å². The summed E-state index contributed by atoms with van der Waals surface area (Å²) in [6.45, 7) is 2.32. The molecule has 102 valence electrons.